The Hall–Kier alpha value is -3.20. The normalized spacial score (nSPS) is 17.2. The first-order valence-corrected chi connectivity index (χ1v) is 11.9. The number of pyridine rings is 2. The Bertz CT molecular complexity index is 1110. The third-order valence-corrected chi connectivity index (χ3v) is 6.42. The Kier molecular flexibility index (Phi) is 7.62. The van der Waals surface area contributed by atoms with Gasteiger partial charge in [0, 0.05) is 63.9 Å². The zero-order chi connectivity index (χ0) is 24.1. The topological polar surface area (TPSA) is 89.3 Å². The third-order valence-electron chi connectivity index (χ3n) is 6.42. The molecular formula is C25H33N5O4. The van der Waals surface area contributed by atoms with E-state index in [0.29, 0.717) is 48.8 Å². The SMILES string of the molecule is CN=c1cc(N2CCOc3cc(C(=O)N4CCCCC4)cnc32)ccn1C(=O)C(C)CCOC. The lowest BCUT2D eigenvalue weighted by Crippen LogP contribution is -2.36. The number of carbonyl (C=O) groups excluding carboxylic acids is 2. The minimum absolute atomic E-state index is 0.00431. The number of nitrogens with zero attached hydrogens (tertiary/aromatic N) is 5. The Balaban J connectivity index is 1.59. The van der Waals surface area contributed by atoms with Crippen LogP contribution in [0, 0.1) is 5.92 Å². The van der Waals surface area contributed by atoms with Crippen LogP contribution in [0.2, 0.25) is 0 Å². The van der Waals surface area contributed by atoms with Gasteiger partial charge in [-0.3, -0.25) is 19.1 Å². The highest BCUT2D eigenvalue weighted by atomic mass is 16.5. The first kappa shape index (κ1) is 23.9. The molecule has 4 rings (SSSR count). The largest absolute Gasteiger partial charge is 0.488 e. The molecule has 0 radical (unpaired) electrons. The number of rotatable bonds is 6. The molecule has 2 aliphatic rings. The average molecular weight is 468 g/mol. The first-order chi connectivity index (χ1) is 16.5. The average Bonchev–Trinajstić information content (AvgIpc) is 2.90. The van der Waals surface area contributed by atoms with Crippen molar-refractivity contribution in [1.29, 1.82) is 0 Å². The summed E-state index contributed by atoms with van der Waals surface area (Å²) >= 11 is 0. The Morgan fingerprint density at radius 3 is 2.74 bits per heavy atom. The Morgan fingerprint density at radius 1 is 1.21 bits per heavy atom. The summed E-state index contributed by atoms with van der Waals surface area (Å²) in [6.45, 7) is 5.08. The van der Waals surface area contributed by atoms with Crippen molar-refractivity contribution in [3.8, 4) is 5.75 Å². The van der Waals surface area contributed by atoms with Crippen LogP contribution in [0.1, 0.15) is 47.8 Å². The zero-order valence-corrected chi connectivity index (χ0v) is 20.2. The van der Waals surface area contributed by atoms with Gasteiger partial charge in [-0.15, -0.1) is 0 Å². The fraction of sp³-hybridized carbons (Fsp3) is 0.520. The van der Waals surface area contributed by atoms with Crippen molar-refractivity contribution >= 4 is 23.3 Å². The van der Waals surface area contributed by atoms with Crippen molar-refractivity contribution in [3.05, 3.63) is 41.6 Å². The molecule has 0 N–H and O–H groups in total. The maximum absolute atomic E-state index is 12.9. The minimum atomic E-state index is -0.182. The molecule has 1 atom stereocenters. The van der Waals surface area contributed by atoms with Crippen LogP contribution in [0.4, 0.5) is 11.5 Å². The van der Waals surface area contributed by atoms with Crippen LogP contribution in [0.15, 0.2) is 35.6 Å². The van der Waals surface area contributed by atoms with E-state index < -0.39 is 0 Å². The molecule has 0 aromatic carbocycles. The minimum Gasteiger partial charge on any atom is -0.488 e. The summed E-state index contributed by atoms with van der Waals surface area (Å²) < 4.78 is 12.6. The van der Waals surface area contributed by atoms with Gasteiger partial charge in [-0.2, -0.15) is 0 Å². The maximum atomic E-state index is 12.9. The second-order valence-electron chi connectivity index (χ2n) is 8.76. The highest BCUT2D eigenvalue weighted by Gasteiger charge is 2.25. The van der Waals surface area contributed by atoms with Crippen LogP contribution in [-0.2, 0) is 4.74 Å². The highest BCUT2D eigenvalue weighted by molar-refractivity contribution is 5.95. The molecule has 34 heavy (non-hydrogen) atoms. The maximum Gasteiger partial charge on any atom is 0.255 e. The molecule has 2 aromatic rings. The van der Waals surface area contributed by atoms with E-state index >= 15 is 0 Å². The molecule has 2 aromatic heterocycles. The van der Waals surface area contributed by atoms with Gasteiger partial charge < -0.3 is 19.3 Å². The van der Waals surface area contributed by atoms with Crippen LogP contribution < -0.4 is 15.1 Å². The van der Waals surface area contributed by atoms with Crippen molar-refractivity contribution < 1.29 is 19.1 Å². The molecule has 0 bridgehead atoms. The molecule has 0 aliphatic carbocycles. The lowest BCUT2D eigenvalue weighted by Gasteiger charge is -2.31. The predicted octanol–water partition coefficient (Wildman–Crippen LogP) is 2.88. The first-order valence-electron chi connectivity index (χ1n) is 11.9. The van der Waals surface area contributed by atoms with Crippen LogP contribution >= 0.6 is 0 Å². The molecule has 1 amide bonds. The van der Waals surface area contributed by atoms with Crippen molar-refractivity contribution in [2.75, 3.05) is 51.9 Å². The van der Waals surface area contributed by atoms with Gasteiger partial charge in [0.25, 0.3) is 5.91 Å². The van der Waals surface area contributed by atoms with E-state index in [1.54, 1.807) is 37.2 Å². The molecule has 182 valence electrons. The predicted molar refractivity (Wildman–Crippen MR) is 129 cm³/mol. The van der Waals surface area contributed by atoms with Gasteiger partial charge in [-0.1, -0.05) is 6.92 Å². The summed E-state index contributed by atoms with van der Waals surface area (Å²) in [4.78, 5) is 38.7. The molecular weight excluding hydrogens is 434 g/mol. The van der Waals surface area contributed by atoms with E-state index in [1.165, 1.54) is 6.42 Å². The smallest absolute Gasteiger partial charge is 0.255 e. The second-order valence-corrected chi connectivity index (χ2v) is 8.76. The van der Waals surface area contributed by atoms with E-state index in [1.807, 2.05) is 28.9 Å². The molecule has 1 saturated heterocycles. The van der Waals surface area contributed by atoms with E-state index in [0.717, 1.165) is 31.6 Å². The number of amides is 1. The van der Waals surface area contributed by atoms with E-state index in [9.17, 15) is 9.59 Å². The number of carbonyl (C=O) groups is 2. The van der Waals surface area contributed by atoms with E-state index in [2.05, 4.69) is 9.98 Å². The summed E-state index contributed by atoms with van der Waals surface area (Å²) in [5.41, 5.74) is 1.98. The summed E-state index contributed by atoms with van der Waals surface area (Å²) in [6, 6.07) is 5.56. The monoisotopic (exact) mass is 467 g/mol. The quantitative estimate of drug-likeness (QED) is 0.649. The van der Waals surface area contributed by atoms with Crippen molar-refractivity contribution in [3.63, 3.8) is 0 Å². The highest BCUT2D eigenvalue weighted by Crippen LogP contribution is 2.35. The Morgan fingerprint density at radius 2 is 2.00 bits per heavy atom. The zero-order valence-electron chi connectivity index (χ0n) is 20.2. The number of likely N-dealkylation sites (tertiary alicyclic amines) is 1. The van der Waals surface area contributed by atoms with E-state index in [4.69, 9.17) is 9.47 Å². The number of methoxy groups -OCH3 is 1. The third kappa shape index (κ3) is 4.99. The van der Waals surface area contributed by atoms with Crippen LogP contribution in [0.25, 0.3) is 0 Å². The lowest BCUT2D eigenvalue weighted by atomic mass is 10.1. The molecule has 0 spiro atoms. The molecule has 9 nitrogen and oxygen atoms in total. The number of hydrogen-bond acceptors (Lipinski definition) is 7. The summed E-state index contributed by atoms with van der Waals surface area (Å²) in [5, 5.41) is 0. The van der Waals surface area contributed by atoms with Gasteiger partial charge in [0.2, 0.25) is 5.91 Å². The van der Waals surface area contributed by atoms with Crippen LogP contribution in [0.5, 0.6) is 5.75 Å². The summed E-state index contributed by atoms with van der Waals surface area (Å²) in [5.74, 6) is 1.04. The fourth-order valence-corrected chi connectivity index (χ4v) is 4.41. The number of ether oxygens (including phenoxy) is 2. The summed E-state index contributed by atoms with van der Waals surface area (Å²) in [6.07, 6.45) is 7.29. The number of anilines is 2. The molecule has 2 aliphatic heterocycles. The van der Waals surface area contributed by atoms with E-state index in [-0.39, 0.29) is 17.7 Å². The fourth-order valence-electron chi connectivity index (χ4n) is 4.41. The standard InChI is InChI=1S/C25H33N5O4/c1-18(8-13-33-3)24(31)30-11-7-20(16-22(30)26-2)29-12-14-34-21-15-19(17-27-23(21)29)25(32)28-9-5-4-6-10-28/h7,11,15-18H,4-6,8-10,12-14H2,1-3H3. The van der Waals surface area contributed by atoms with Gasteiger partial charge in [-0.25, -0.2) is 4.98 Å². The second kappa shape index (κ2) is 10.8. The molecule has 1 unspecified atom stereocenters. The van der Waals surface area contributed by atoms with Gasteiger partial charge >= 0.3 is 0 Å². The Labute approximate surface area is 200 Å². The van der Waals surface area contributed by atoms with Crippen molar-refractivity contribution in [1.82, 2.24) is 14.5 Å². The van der Waals surface area contributed by atoms with Gasteiger partial charge in [0.05, 0.1) is 12.1 Å². The number of fused-ring (bicyclic) bond motifs is 1. The van der Waals surface area contributed by atoms with Gasteiger partial charge in [0.15, 0.2) is 11.6 Å². The van der Waals surface area contributed by atoms with Crippen molar-refractivity contribution in [2.24, 2.45) is 10.9 Å². The number of hydrogen-bond donors (Lipinski definition) is 0. The van der Waals surface area contributed by atoms with Gasteiger partial charge in [-0.05, 0) is 37.8 Å². The molecule has 9 heteroatoms. The van der Waals surface area contributed by atoms with Crippen LogP contribution in [0.3, 0.4) is 0 Å². The van der Waals surface area contributed by atoms with Crippen LogP contribution in [-0.4, -0.2) is 73.3 Å². The molecule has 1 fully saturated rings. The number of aromatic nitrogens is 2. The molecule has 0 saturated carbocycles. The molecule has 4 heterocycles. The van der Waals surface area contributed by atoms with Gasteiger partial charge in [0.1, 0.15) is 12.1 Å². The lowest BCUT2D eigenvalue weighted by molar-refractivity contribution is 0.0722. The number of piperidine rings is 1. The summed E-state index contributed by atoms with van der Waals surface area (Å²) in [7, 11) is 3.30. The van der Waals surface area contributed by atoms with Crippen molar-refractivity contribution in [2.45, 2.75) is 32.6 Å².